The van der Waals surface area contributed by atoms with Crippen molar-refractivity contribution in [2.75, 3.05) is 19.8 Å². The van der Waals surface area contributed by atoms with E-state index in [0.717, 1.165) is 0 Å². The van der Waals surface area contributed by atoms with Crippen LogP contribution in [0.1, 0.15) is 18.5 Å². The van der Waals surface area contributed by atoms with E-state index in [2.05, 4.69) is 5.32 Å². The van der Waals surface area contributed by atoms with Crippen LogP contribution >= 0.6 is 23.2 Å². The minimum atomic E-state index is -2.71. The fourth-order valence-electron chi connectivity index (χ4n) is 2.98. The molecule has 0 saturated carbocycles. The number of nitrogens with two attached hydrogens (primary N) is 1. The largest absolute Gasteiger partial charge is 0.485 e. The van der Waals surface area contributed by atoms with Crippen LogP contribution in [-0.4, -0.2) is 37.7 Å². The summed E-state index contributed by atoms with van der Waals surface area (Å²) >= 11 is 12.1. The molecule has 0 spiro atoms. The van der Waals surface area contributed by atoms with Crippen molar-refractivity contribution in [2.45, 2.75) is 24.9 Å². The Labute approximate surface area is 181 Å². The molecule has 1 amide bonds. The van der Waals surface area contributed by atoms with Crippen molar-refractivity contribution in [1.29, 1.82) is 0 Å². The van der Waals surface area contributed by atoms with Gasteiger partial charge in [-0.1, -0.05) is 35.3 Å². The normalized spacial score (nSPS) is 16.1. The second-order valence-corrected chi connectivity index (χ2v) is 7.89. The Bertz CT molecular complexity index is 955. The first-order valence-corrected chi connectivity index (χ1v) is 9.74. The zero-order valence-corrected chi connectivity index (χ0v) is 17.4. The third-order valence-electron chi connectivity index (χ3n) is 4.66. The number of hydrogen-bond donors (Lipinski definition) is 2. The summed E-state index contributed by atoms with van der Waals surface area (Å²) in [5.41, 5.74) is 5.58. The summed E-state index contributed by atoms with van der Waals surface area (Å²) < 4.78 is 50.1. The zero-order valence-electron chi connectivity index (χ0n) is 15.9. The standard InChI is InChI=1S/C20H19Cl2F3N2O3/c1-10(27-19(28)20(26)8-29-9-20)13-3-2-11(4-16(13)23)14-5-12(21)6-15(22)18(14)30-7-17(24)25/h2-6,10,17H,7-9,26H2,1H3,(H,27,28). The average Bonchev–Trinajstić information content (AvgIpc) is 2.64. The van der Waals surface area contributed by atoms with Crippen LogP contribution in [0.2, 0.25) is 10.0 Å². The lowest BCUT2D eigenvalue weighted by Crippen LogP contribution is -2.66. The highest BCUT2D eigenvalue weighted by molar-refractivity contribution is 6.36. The van der Waals surface area contributed by atoms with Gasteiger partial charge in [0.2, 0.25) is 5.91 Å². The minimum Gasteiger partial charge on any atom is -0.485 e. The van der Waals surface area contributed by atoms with E-state index in [9.17, 15) is 18.0 Å². The van der Waals surface area contributed by atoms with Gasteiger partial charge >= 0.3 is 0 Å². The fraction of sp³-hybridized carbons (Fsp3) is 0.350. The van der Waals surface area contributed by atoms with Gasteiger partial charge < -0.3 is 20.5 Å². The van der Waals surface area contributed by atoms with Crippen LogP contribution in [-0.2, 0) is 9.53 Å². The summed E-state index contributed by atoms with van der Waals surface area (Å²) in [6.45, 7) is 0.947. The number of ether oxygens (including phenoxy) is 2. The first-order valence-electron chi connectivity index (χ1n) is 8.98. The highest BCUT2D eigenvalue weighted by atomic mass is 35.5. The molecule has 162 valence electrons. The topological polar surface area (TPSA) is 73.6 Å². The highest BCUT2D eigenvalue weighted by Gasteiger charge is 2.42. The van der Waals surface area contributed by atoms with Gasteiger partial charge in [0, 0.05) is 16.1 Å². The number of carbonyl (C=O) groups is 1. The lowest BCUT2D eigenvalue weighted by Gasteiger charge is -2.36. The van der Waals surface area contributed by atoms with Gasteiger partial charge in [-0.05, 0) is 30.7 Å². The summed E-state index contributed by atoms with van der Waals surface area (Å²) in [6, 6.07) is 6.36. The van der Waals surface area contributed by atoms with Crippen LogP contribution in [0.3, 0.4) is 0 Å². The third kappa shape index (κ3) is 4.83. The van der Waals surface area contributed by atoms with E-state index in [0.29, 0.717) is 5.56 Å². The molecule has 1 aliphatic heterocycles. The molecule has 1 aliphatic rings. The van der Waals surface area contributed by atoms with Crippen molar-refractivity contribution in [3.05, 3.63) is 51.8 Å². The number of alkyl halides is 2. The Hall–Kier alpha value is -2.00. The predicted molar refractivity (Wildman–Crippen MR) is 108 cm³/mol. The van der Waals surface area contributed by atoms with E-state index < -0.39 is 36.3 Å². The van der Waals surface area contributed by atoms with E-state index in [-0.39, 0.29) is 40.1 Å². The zero-order chi connectivity index (χ0) is 22.1. The Balaban J connectivity index is 1.87. The van der Waals surface area contributed by atoms with Crippen LogP contribution in [0.15, 0.2) is 30.3 Å². The molecule has 1 heterocycles. The van der Waals surface area contributed by atoms with Gasteiger partial charge in [-0.2, -0.15) is 0 Å². The minimum absolute atomic E-state index is 0.0232. The molecule has 1 unspecified atom stereocenters. The molecule has 3 N–H and O–H groups in total. The first kappa shape index (κ1) is 22.7. The summed E-state index contributed by atoms with van der Waals surface area (Å²) in [6.07, 6.45) is -2.71. The molecular weight excluding hydrogens is 444 g/mol. The van der Waals surface area contributed by atoms with Crippen LogP contribution in [0.5, 0.6) is 5.75 Å². The molecule has 3 rings (SSSR count). The van der Waals surface area contributed by atoms with Gasteiger partial charge in [-0.15, -0.1) is 0 Å². The molecule has 2 aromatic carbocycles. The smallest absolute Gasteiger partial charge is 0.272 e. The van der Waals surface area contributed by atoms with Crippen molar-refractivity contribution >= 4 is 29.1 Å². The van der Waals surface area contributed by atoms with Gasteiger partial charge in [-0.25, -0.2) is 13.2 Å². The van der Waals surface area contributed by atoms with Gasteiger partial charge in [-0.3, -0.25) is 4.79 Å². The molecule has 10 heteroatoms. The number of amides is 1. The maximum absolute atomic E-state index is 14.8. The number of nitrogens with one attached hydrogen (secondary N) is 1. The van der Waals surface area contributed by atoms with E-state index in [1.54, 1.807) is 13.0 Å². The Morgan fingerprint density at radius 1 is 1.30 bits per heavy atom. The second kappa shape index (κ2) is 9.01. The van der Waals surface area contributed by atoms with Crippen molar-refractivity contribution in [3.63, 3.8) is 0 Å². The molecule has 30 heavy (non-hydrogen) atoms. The number of carbonyl (C=O) groups excluding carboxylic acids is 1. The average molecular weight is 463 g/mol. The second-order valence-electron chi connectivity index (χ2n) is 7.05. The molecule has 0 aromatic heterocycles. The summed E-state index contributed by atoms with van der Waals surface area (Å²) in [5.74, 6) is -1.08. The molecule has 1 fully saturated rings. The Kier molecular flexibility index (Phi) is 6.81. The monoisotopic (exact) mass is 462 g/mol. The van der Waals surface area contributed by atoms with E-state index in [1.165, 1.54) is 24.3 Å². The molecule has 2 aromatic rings. The molecule has 0 aliphatic carbocycles. The molecule has 5 nitrogen and oxygen atoms in total. The number of rotatable bonds is 7. The van der Waals surface area contributed by atoms with Crippen LogP contribution in [0.4, 0.5) is 13.2 Å². The van der Waals surface area contributed by atoms with Crippen molar-refractivity contribution in [2.24, 2.45) is 5.73 Å². The van der Waals surface area contributed by atoms with E-state index >= 15 is 0 Å². The number of benzene rings is 2. The predicted octanol–water partition coefficient (Wildman–Crippen LogP) is 4.35. The molecule has 0 bridgehead atoms. The molecule has 1 saturated heterocycles. The van der Waals surface area contributed by atoms with E-state index in [4.69, 9.17) is 38.4 Å². The SMILES string of the molecule is CC(NC(=O)C1(N)COC1)c1ccc(-c2cc(Cl)cc(Cl)c2OCC(F)F)cc1F. The van der Waals surface area contributed by atoms with Crippen LogP contribution in [0.25, 0.3) is 11.1 Å². The highest BCUT2D eigenvalue weighted by Crippen LogP contribution is 2.40. The molecular formula is C20H19Cl2F3N2O3. The third-order valence-corrected chi connectivity index (χ3v) is 5.16. The van der Waals surface area contributed by atoms with Crippen molar-refractivity contribution < 1.29 is 27.4 Å². The van der Waals surface area contributed by atoms with Crippen LogP contribution < -0.4 is 15.8 Å². The summed E-state index contributed by atoms with van der Waals surface area (Å²) in [5, 5.41) is 2.93. The lowest BCUT2D eigenvalue weighted by atomic mass is 9.96. The lowest BCUT2D eigenvalue weighted by molar-refractivity contribution is -0.144. The Morgan fingerprint density at radius 2 is 2.00 bits per heavy atom. The summed E-state index contributed by atoms with van der Waals surface area (Å²) in [7, 11) is 0. The molecule has 0 radical (unpaired) electrons. The van der Waals surface area contributed by atoms with Crippen LogP contribution in [0, 0.1) is 5.82 Å². The number of halogens is 5. The molecule has 1 atom stereocenters. The van der Waals surface area contributed by atoms with Gasteiger partial charge in [0.25, 0.3) is 6.43 Å². The summed E-state index contributed by atoms with van der Waals surface area (Å²) in [4.78, 5) is 12.2. The maximum Gasteiger partial charge on any atom is 0.272 e. The van der Waals surface area contributed by atoms with Gasteiger partial charge in [0.05, 0.1) is 24.3 Å². The fourth-order valence-corrected chi connectivity index (χ4v) is 3.53. The maximum atomic E-state index is 14.8. The van der Waals surface area contributed by atoms with Gasteiger partial charge in [0.1, 0.15) is 23.7 Å². The first-order chi connectivity index (χ1) is 14.1. The number of hydrogen-bond acceptors (Lipinski definition) is 4. The van der Waals surface area contributed by atoms with Crippen molar-refractivity contribution in [1.82, 2.24) is 5.32 Å². The quantitative estimate of drug-likeness (QED) is 0.641. The Morgan fingerprint density at radius 3 is 2.57 bits per heavy atom. The van der Waals surface area contributed by atoms with Gasteiger partial charge in [0.15, 0.2) is 0 Å². The van der Waals surface area contributed by atoms with Crippen molar-refractivity contribution in [3.8, 4) is 16.9 Å². The van der Waals surface area contributed by atoms with E-state index in [1.807, 2.05) is 0 Å².